The Morgan fingerprint density at radius 2 is 2.10 bits per heavy atom. The lowest BCUT2D eigenvalue weighted by Gasteiger charge is -2.10. The van der Waals surface area contributed by atoms with Crippen molar-refractivity contribution in [2.24, 2.45) is 5.73 Å². The van der Waals surface area contributed by atoms with Gasteiger partial charge in [0.1, 0.15) is 17.4 Å². The summed E-state index contributed by atoms with van der Waals surface area (Å²) in [6, 6.07) is 11.8. The van der Waals surface area contributed by atoms with Crippen molar-refractivity contribution in [3.63, 3.8) is 0 Å². The molecule has 0 aliphatic carbocycles. The van der Waals surface area contributed by atoms with E-state index in [-0.39, 0.29) is 11.7 Å². The van der Waals surface area contributed by atoms with Gasteiger partial charge in [0.2, 0.25) is 0 Å². The molecule has 0 aromatic heterocycles. The SMILES string of the molecule is COc1ccc(C(=N)N)cc1CSc1cccc(F)c1. The predicted molar refractivity (Wildman–Crippen MR) is 80.0 cm³/mol. The molecule has 20 heavy (non-hydrogen) atoms. The largest absolute Gasteiger partial charge is 0.496 e. The van der Waals surface area contributed by atoms with Crippen molar-refractivity contribution in [3.8, 4) is 5.75 Å². The Balaban J connectivity index is 2.19. The topological polar surface area (TPSA) is 59.1 Å². The Morgan fingerprint density at radius 3 is 2.75 bits per heavy atom. The van der Waals surface area contributed by atoms with Crippen LogP contribution in [0.3, 0.4) is 0 Å². The number of halogens is 1. The van der Waals surface area contributed by atoms with Crippen molar-refractivity contribution in [2.45, 2.75) is 10.6 Å². The van der Waals surface area contributed by atoms with Gasteiger partial charge in [-0.15, -0.1) is 11.8 Å². The molecule has 0 atom stereocenters. The number of nitrogens with two attached hydrogens (primary N) is 1. The highest BCUT2D eigenvalue weighted by Crippen LogP contribution is 2.29. The van der Waals surface area contributed by atoms with Gasteiger partial charge in [0, 0.05) is 21.8 Å². The number of amidine groups is 1. The average molecular weight is 290 g/mol. The first-order valence-corrected chi connectivity index (χ1v) is 6.98. The molecule has 0 aliphatic rings. The van der Waals surface area contributed by atoms with Crippen molar-refractivity contribution in [3.05, 3.63) is 59.4 Å². The summed E-state index contributed by atoms with van der Waals surface area (Å²) in [7, 11) is 1.60. The molecule has 2 aromatic rings. The lowest BCUT2D eigenvalue weighted by molar-refractivity contribution is 0.411. The second-order valence-electron chi connectivity index (χ2n) is 4.19. The van der Waals surface area contributed by atoms with E-state index in [9.17, 15) is 4.39 Å². The minimum Gasteiger partial charge on any atom is -0.496 e. The fourth-order valence-electron chi connectivity index (χ4n) is 1.78. The molecule has 0 heterocycles. The predicted octanol–water partition coefficient (Wildman–Crippen LogP) is 3.41. The van der Waals surface area contributed by atoms with Crippen LogP contribution < -0.4 is 10.5 Å². The Kier molecular flexibility index (Phi) is 4.63. The molecule has 0 saturated heterocycles. The minimum absolute atomic E-state index is 0.0182. The number of ether oxygens (including phenoxy) is 1. The lowest BCUT2D eigenvalue weighted by Crippen LogP contribution is -2.11. The van der Waals surface area contributed by atoms with Crippen molar-refractivity contribution >= 4 is 17.6 Å². The van der Waals surface area contributed by atoms with E-state index in [1.165, 1.54) is 23.9 Å². The standard InChI is InChI=1S/C15H15FN2OS/c1-19-14-6-5-10(15(17)18)7-11(14)9-20-13-4-2-3-12(16)8-13/h2-8H,9H2,1H3,(H3,17,18). The van der Waals surface area contributed by atoms with Crippen LogP contribution in [0, 0.1) is 11.2 Å². The molecule has 0 aliphatic heterocycles. The van der Waals surface area contributed by atoms with E-state index >= 15 is 0 Å². The Labute approximate surface area is 121 Å². The smallest absolute Gasteiger partial charge is 0.124 e. The van der Waals surface area contributed by atoms with Crippen LogP contribution in [0.4, 0.5) is 4.39 Å². The third kappa shape index (κ3) is 3.51. The van der Waals surface area contributed by atoms with Crippen molar-refractivity contribution in [2.75, 3.05) is 7.11 Å². The van der Waals surface area contributed by atoms with Crippen LogP contribution >= 0.6 is 11.8 Å². The molecule has 0 bridgehead atoms. The monoisotopic (exact) mass is 290 g/mol. The van der Waals surface area contributed by atoms with Gasteiger partial charge in [-0.25, -0.2) is 4.39 Å². The van der Waals surface area contributed by atoms with Gasteiger partial charge < -0.3 is 10.5 Å². The molecule has 3 nitrogen and oxygen atoms in total. The number of rotatable bonds is 5. The number of nitrogen functional groups attached to an aromatic ring is 1. The summed E-state index contributed by atoms with van der Waals surface area (Å²) in [6.07, 6.45) is 0. The van der Waals surface area contributed by atoms with Gasteiger partial charge >= 0.3 is 0 Å². The molecule has 0 saturated carbocycles. The molecule has 5 heteroatoms. The third-order valence-electron chi connectivity index (χ3n) is 2.78. The molecular formula is C15H15FN2OS. The van der Waals surface area contributed by atoms with E-state index in [2.05, 4.69) is 0 Å². The van der Waals surface area contributed by atoms with E-state index in [1.807, 2.05) is 12.1 Å². The molecule has 0 unspecified atom stereocenters. The van der Waals surface area contributed by atoms with Crippen LogP contribution in [0.15, 0.2) is 47.4 Å². The van der Waals surface area contributed by atoms with Gasteiger partial charge in [0.15, 0.2) is 0 Å². The Bertz CT molecular complexity index is 631. The average Bonchev–Trinajstić information content (AvgIpc) is 2.44. The number of hydrogen-bond donors (Lipinski definition) is 2. The maximum Gasteiger partial charge on any atom is 0.124 e. The second kappa shape index (κ2) is 6.43. The van der Waals surface area contributed by atoms with Crippen LogP contribution in [-0.4, -0.2) is 12.9 Å². The van der Waals surface area contributed by atoms with E-state index in [4.69, 9.17) is 15.9 Å². The summed E-state index contributed by atoms with van der Waals surface area (Å²) in [5, 5.41) is 7.46. The number of methoxy groups -OCH3 is 1. The maximum atomic E-state index is 13.1. The zero-order valence-corrected chi connectivity index (χ0v) is 11.8. The Morgan fingerprint density at radius 1 is 1.30 bits per heavy atom. The lowest BCUT2D eigenvalue weighted by atomic mass is 10.1. The first-order chi connectivity index (χ1) is 9.60. The fraction of sp³-hybridized carbons (Fsp3) is 0.133. The van der Waals surface area contributed by atoms with E-state index in [0.29, 0.717) is 11.3 Å². The highest BCUT2D eigenvalue weighted by atomic mass is 32.2. The van der Waals surface area contributed by atoms with Gasteiger partial charge in [-0.05, 0) is 36.4 Å². The molecule has 104 valence electrons. The minimum atomic E-state index is -0.251. The molecule has 3 N–H and O–H groups in total. The quantitative estimate of drug-likeness (QED) is 0.504. The number of thioether (sulfide) groups is 1. The highest BCUT2D eigenvalue weighted by molar-refractivity contribution is 7.98. The number of benzene rings is 2. The summed E-state index contributed by atoms with van der Waals surface area (Å²) in [5.74, 6) is 1.12. The first-order valence-electron chi connectivity index (χ1n) is 6.00. The fourth-order valence-corrected chi connectivity index (χ4v) is 2.70. The van der Waals surface area contributed by atoms with Crippen molar-refractivity contribution in [1.82, 2.24) is 0 Å². The molecule has 0 amide bonds. The van der Waals surface area contributed by atoms with Crippen LogP contribution in [0.1, 0.15) is 11.1 Å². The van der Waals surface area contributed by atoms with E-state index < -0.39 is 0 Å². The van der Waals surface area contributed by atoms with Gasteiger partial charge in [-0.1, -0.05) is 6.07 Å². The van der Waals surface area contributed by atoms with Gasteiger partial charge in [0.25, 0.3) is 0 Å². The summed E-state index contributed by atoms with van der Waals surface area (Å²) in [5.41, 5.74) is 7.07. The number of hydrogen-bond acceptors (Lipinski definition) is 3. The van der Waals surface area contributed by atoms with Crippen LogP contribution in [0.25, 0.3) is 0 Å². The number of nitrogens with one attached hydrogen (secondary N) is 1. The normalized spacial score (nSPS) is 10.3. The van der Waals surface area contributed by atoms with Crippen LogP contribution in [0.5, 0.6) is 5.75 Å². The summed E-state index contributed by atoms with van der Waals surface area (Å²) in [6.45, 7) is 0. The molecule has 2 aromatic carbocycles. The molecule has 0 radical (unpaired) electrons. The zero-order chi connectivity index (χ0) is 14.5. The van der Waals surface area contributed by atoms with Crippen LogP contribution in [-0.2, 0) is 5.75 Å². The van der Waals surface area contributed by atoms with Gasteiger partial charge in [-0.2, -0.15) is 0 Å². The summed E-state index contributed by atoms with van der Waals surface area (Å²) >= 11 is 1.51. The second-order valence-corrected chi connectivity index (χ2v) is 5.24. The molecular weight excluding hydrogens is 275 g/mol. The van der Waals surface area contributed by atoms with E-state index in [0.717, 1.165) is 16.2 Å². The third-order valence-corrected chi connectivity index (χ3v) is 3.82. The van der Waals surface area contributed by atoms with Crippen LogP contribution in [0.2, 0.25) is 0 Å². The van der Waals surface area contributed by atoms with E-state index in [1.54, 1.807) is 25.3 Å². The molecule has 2 rings (SSSR count). The molecule has 0 spiro atoms. The van der Waals surface area contributed by atoms with Crippen molar-refractivity contribution in [1.29, 1.82) is 5.41 Å². The highest BCUT2D eigenvalue weighted by Gasteiger charge is 2.07. The zero-order valence-electron chi connectivity index (χ0n) is 11.0. The summed E-state index contributed by atoms with van der Waals surface area (Å²) < 4.78 is 18.4. The van der Waals surface area contributed by atoms with Gasteiger partial charge in [-0.3, -0.25) is 5.41 Å². The molecule has 0 fully saturated rings. The Hall–Kier alpha value is -2.01. The van der Waals surface area contributed by atoms with Crippen molar-refractivity contribution < 1.29 is 9.13 Å². The summed E-state index contributed by atoms with van der Waals surface area (Å²) in [4.78, 5) is 0.847. The van der Waals surface area contributed by atoms with Gasteiger partial charge in [0.05, 0.1) is 7.11 Å². The maximum absolute atomic E-state index is 13.1. The first kappa shape index (κ1) is 14.4.